The summed E-state index contributed by atoms with van der Waals surface area (Å²) in [7, 11) is 3.01. The fraction of sp³-hybridized carbons (Fsp3) is 0.357. The number of carbonyl (C=O) groups is 3. The molecule has 36 heavy (non-hydrogen) atoms. The molecule has 5 rings (SSSR count). The minimum absolute atomic E-state index is 0.0541. The number of rotatable bonds is 7. The van der Waals surface area contributed by atoms with Crippen LogP contribution in [0.5, 0.6) is 11.5 Å². The van der Waals surface area contributed by atoms with Crippen molar-refractivity contribution in [2.75, 3.05) is 19.1 Å². The van der Waals surface area contributed by atoms with Crippen molar-refractivity contribution >= 4 is 23.2 Å². The summed E-state index contributed by atoms with van der Waals surface area (Å²) >= 11 is 0. The molecule has 1 aliphatic carbocycles. The predicted octanol–water partition coefficient (Wildman–Crippen LogP) is 4.72. The van der Waals surface area contributed by atoms with Crippen LogP contribution in [0.25, 0.3) is 11.3 Å². The molecule has 0 bridgehead atoms. The molecule has 1 saturated carbocycles. The molecule has 2 fully saturated rings. The van der Waals surface area contributed by atoms with Crippen molar-refractivity contribution < 1.29 is 28.4 Å². The van der Waals surface area contributed by atoms with Crippen molar-refractivity contribution in [2.45, 2.75) is 38.1 Å². The number of anilines is 1. The van der Waals surface area contributed by atoms with Gasteiger partial charge in [0, 0.05) is 22.9 Å². The highest BCUT2D eigenvalue weighted by atomic mass is 16.5. The van der Waals surface area contributed by atoms with Gasteiger partial charge in [-0.05, 0) is 49.1 Å². The molecule has 2 unspecified atom stereocenters. The maximum atomic E-state index is 13.8. The Morgan fingerprint density at radius 2 is 1.67 bits per heavy atom. The highest BCUT2D eigenvalue weighted by molar-refractivity contribution is 6.49. The van der Waals surface area contributed by atoms with E-state index in [9.17, 15) is 14.4 Å². The van der Waals surface area contributed by atoms with Gasteiger partial charge in [-0.25, -0.2) is 0 Å². The molecule has 1 saturated heterocycles. The van der Waals surface area contributed by atoms with E-state index in [1.165, 1.54) is 20.5 Å². The lowest BCUT2D eigenvalue weighted by Crippen LogP contribution is -2.44. The van der Waals surface area contributed by atoms with Crippen LogP contribution in [-0.2, 0) is 9.59 Å². The Morgan fingerprint density at radius 1 is 0.944 bits per heavy atom. The number of ketones is 2. The number of methoxy groups -OCH3 is 2. The Hall–Kier alpha value is -3.94. The predicted molar refractivity (Wildman–Crippen MR) is 132 cm³/mol. The van der Waals surface area contributed by atoms with Crippen molar-refractivity contribution in [1.29, 1.82) is 0 Å². The standard InChI is InChI=1S/C28H28N2O6/c1-34-22-13-10-19(16-23(22)35-2)26(31)24-25(18-6-4-3-5-7-18)30(28(33)27(24)32)20-11-8-17(9-12-20)21-14-15-36-29-21/h8-16,18,24-25H,3-7H2,1-2H3. The smallest absolute Gasteiger partial charge is 0.295 e. The van der Waals surface area contributed by atoms with E-state index < -0.39 is 23.7 Å². The average molecular weight is 489 g/mol. The van der Waals surface area contributed by atoms with Crippen LogP contribution in [-0.4, -0.2) is 42.9 Å². The molecule has 3 aromatic rings. The molecule has 1 aromatic heterocycles. The summed E-state index contributed by atoms with van der Waals surface area (Å²) in [4.78, 5) is 42.1. The molecule has 0 spiro atoms. The number of hydrogen-bond donors (Lipinski definition) is 0. The molecular formula is C28H28N2O6. The minimum Gasteiger partial charge on any atom is -0.493 e. The molecule has 8 heteroatoms. The Kier molecular flexibility index (Phi) is 6.59. The first-order chi connectivity index (χ1) is 17.5. The molecular weight excluding hydrogens is 460 g/mol. The molecule has 2 heterocycles. The van der Waals surface area contributed by atoms with Crippen LogP contribution >= 0.6 is 0 Å². The Balaban J connectivity index is 1.53. The van der Waals surface area contributed by atoms with Gasteiger partial charge in [-0.1, -0.05) is 36.6 Å². The van der Waals surface area contributed by atoms with Crippen molar-refractivity contribution in [1.82, 2.24) is 5.16 Å². The monoisotopic (exact) mass is 488 g/mol. The van der Waals surface area contributed by atoms with Crippen molar-refractivity contribution in [3.63, 3.8) is 0 Å². The van der Waals surface area contributed by atoms with Gasteiger partial charge >= 0.3 is 0 Å². The Bertz CT molecular complexity index is 1260. The number of amides is 1. The lowest BCUT2D eigenvalue weighted by atomic mass is 9.76. The zero-order chi connectivity index (χ0) is 25.2. The van der Waals surface area contributed by atoms with E-state index in [1.807, 2.05) is 12.1 Å². The van der Waals surface area contributed by atoms with Crippen LogP contribution in [0.4, 0.5) is 5.69 Å². The molecule has 0 radical (unpaired) electrons. The fourth-order valence-electron chi connectivity index (χ4n) is 5.54. The lowest BCUT2D eigenvalue weighted by molar-refractivity contribution is -0.135. The third-order valence-electron chi connectivity index (χ3n) is 7.31. The Morgan fingerprint density at radius 3 is 2.31 bits per heavy atom. The molecule has 2 aliphatic rings. The second kappa shape index (κ2) is 9.97. The number of hydrogen-bond acceptors (Lipinski definition) is 7. The molecule has 186 valence electrons. The first-order valence-electron chi connectivity index (χ1n) is 12.2. The van der Waals surface area contributed by atoms with Crippen molar-refractivity contribution in [3.05, 3.63) is 60.4 Å². The van der Waals surface area contributed by atoms with Gasteiger partial charge in [0.2, 0.25) is 5.78 Å². The Labute approximate surface area is 209 Å². The molecule has 1 amide bonds. The molecule has 0 N–H and O–H groups in total. The van der Waals surface area contributed by atoms with Crippen molar-refractivity contribution in [2.24, 2.45) is 11.8 Å². The normalized spacial score (nSPS) is 20.6. The summed E-state index contributed by atoms with van der Waals surface area (Å²) in [6.07, 6.45) is 6.38. The summed E-state index contributed by atoms with van der Waals surface area (Å²) in [6, 6.07) is 13.3. The van der Waals surface area contributed by atoms with Crippen molar-refractivity contribution in [3.8, 4) is 22.8 Å². The highest BCUT2D eigenvalue weighted by Crippen LogP contribution is 2.41. The van der Waals surface area contributed by atoms with E-state index in [1.54, 1.807) is 41.3 Å². The first-order valence-corrected chi connectivity index (χ1v) is 12.2. The van der Waals surface area contributed by atoms with E-state index in [0.717, 1.165) is 37.7 Å². The lowest BCUT2D eigenvalue weighted by Gasteiger charge is -2.35. The summed E-state index contributed by atoms with van der Waals surface area (Å²) in [5, 5.41) is 3.95. The van der Waals surface area contributed by atoms with Gasteiger partial charge in [-0.3, -0.25) is 14.4 Å². The number of nitrogens with zero attached hydrogens (tertiary/aromatic N) is 2. The van der Waals surface area contributed by atoms with Gasteiger partial charge in [0.25, 0.3) is 5.91 Å². The summed E-state index contributed by atoms with van der Waals surface area (Å²) in [5.41, 5.74) is 2.43. The molecule has 1 aliphatic heterocycles. The van der Waals surface area contributed by atoms with Crippen LogP contribution in [0.1, 0.15) is 42.5 Å². The van der Waals surface area contributed by atoms with Gasteiger partial charge in [-0.2, -0.15) is 0 Å². The second-order valence-corrected chi connectivity index (χ2v) is 9.27. The number of aromatic nitrogens is 1. The number of Topliss-reactive ketones (excluding diaryl/α,β-unsaturated/α-hetero) is 2. The zero-order valence-corrected chi connectivity index (χ0v) is 20.3. The molecule has 2 aromatic carbocycles. The van der Waals surface area contributed by atoms with Gasteiger partial charge in [-0.15, -0.1) is 0 Å². The maximum absolute atomic E-state index is 13.8. The summed E-state index contributed by atoms with van der Waals surface area (Å²) in [6.45, 7) is 0. The number of ether oxygens (including phenoxy) is 2. The van der Waals surface area contributed by atoms with Gasteiger partial charge in [0.05, 0.1) is 20.3 Å². The highest BCUT2D eigenvalue weighted by Gasteiger charge is 2.54. The van der Waals surface area contributed by atoms with E-state index in [-0.39, 0.29) is 11.7 Å². The van der Waals surface area contributed by atoms with Crippen LogP contribution in [0.3, 0.4) is 0 Å². The fourth-order valence-corrected chi connectivity index (χ4v) is 5.54. The summed E-state index contributed by atoms with van der Waals surface area (Å²) < 4.78 is 15.6. The molecule has 8 nitrogen and oxygen atoms in total. The zero-order valence-electron chi connectivity index (χ0n) is 20.3. The van der Waals surface area contributed by atoms with Crippen LogP contribution < -0.4 is 14.4 Å². The van der Waals surface area contributed by atoms with E-state index in [0.29, 0.717) is 28.4 Å². The summed E-state index contributed by atoms with van der Waals surface area (Å²) in [5.74, 6) is -1.81. The van der Waals surface area contributed by atoms with Crippen LogP contribution in [0, 0.1) is 11.8 Å². The third-order valence-corrected chi connectivity index (χ3v) is 7.31. The van der Waals surface area contributed by atoms with Crippen LogP contribution in [0.15, 0.2) is 59.3 Å². The van der Waals surface area contributed by atoms with E-state index >= 15 is 0 Å². The van der Waals surface area contributed by atoms with E-state index in [2.05, 4.69) is 5.16 Å². The quantitative estimate of drug-likeness (QED) is 0.269. The minimum atomic E-state index is -1.08. The number of benzene rings is 2. The first kappa shape index (κ1) is 23.8. The number of carbonyl (C=O) groups excluding carboxylic acids is 3. The van der Waals surface area contributed by atoms with Gasteiger partial charge < -0.3 is 18.9 Å². The second-order valence-electron chi connectivity index (χ2n) is 9.27. The maximum Gasteiger partial charge on any atom is 0.295 e. The largest absolute Gasteiger partial charge is 0.493 e. The van der Waals surface area contributed by atoms with Gasteiger partial charge in [0.15, 0.2) is 17.3 Å². The van der Waals surface area contributed by atoms with Crippen LogP contribution in [0.2, 0.25) is 0 Å². The average Bonchev–Trinajstić information content (AvgIpc) is 3.55. The topological polar surface area (TPSA) is 98.9 Å². The molecule has 2 atom stereocenters. The van der Waals surface area contributed by atoms with E-state index in [4.69, 9.17) is 14.0 Å². The third kappa shape index (κ3) is 4.17. The SMILES string of the molecule is COc1ccc(C(=O)C2C(=O)C(=O)N(c3ccc(-c4ccon4)cc3)C2C2CCCCC2)cc1OC. The van der Waals surface area contributed by atoms with Gasteiger partial charge in [0.1, 0.15) is 17.9 Å².